The Labute approximate surface area is 122 Å². The van der Waals surface area contributed by atoms with Crippen LogP contribution in [0, 0.1) is 0 Å². The predicted molar refractivity (Wildman–Crippen MR) is 65.3 cm³/mol. The van der Waals surface area contributed by atoms with Crippen LogP contribution >= 0.6 is 12.4 Å². The molecule has 1 aromatic rings. The van der Waals surface area contributed by atoms with Gasteiger partial charge in [-0.3, -0.25) is 0 Å². The molecule has 0 aromatic heterocycles. The van der Waals surface area contributed by atoms with E-state index in [4.69, 9.17) is 4.74 Å². The number of morpholine rings is 1. The number of hydrogen-bond donors (Lipinski definition) is 1. The predicted octanol–water partition coefficient (Wildman–Crippen LogP) is 3.81. The van der Waals surface area contributed by atoms with E-state index in [1.165, 1.54) is 0 Å². The largest absolute Gasteiger partial charge is 0.416 e. The Kier molecular flexibility index (Phi) is 5.51. The fourth-order valence-electron chi connectivity index (χ4n) is 1.96. The molecule has 0 radical (unpaired) electrons. The quantitative estimate of drug-likeness (QED) is 0.788. The molecule has 1 aromatic carbocycles. The number of rotatable bonds is 1. The molecule has 2 rings (SSSR count). The van der Waals surface area contributed by atoms with E-state index < -0.39 is 29.5 Å². The second kappa shape index (κ2) is 6.41. The van der Waals surface area contributed by atoms with Crippen LogP contribution in [-0.2, 0) is 17.1 Å². The van der Waals surface area contributed by atoms with Gasteiger partial charge in [0.1, 0.15) is 0 Å². The minimum Gasteiger partial charge on any atom is -0.378 e. The van der Waals surface area contributed by atoms with Gasteiger partial charge in [0.2, 0.25) is 0 Å². The van der Waals surface area contributed by atoms with Crippen molar-refractivity contribution in [3.63, 3.8) is 0 Å². The Hall–Kier alpha value is -0.990. The summed E-state index contributed by atoms with van der Waals surface area (Å²) in [5.74, 6) is 0. The first-order valence-electron chi connectivity index (χ1n) is 5.78. The monoisotopic (exact) mass is 335 g/mol. The van der Waals surface area contributed by atoms with Gasteiger partial charge in [-0.05, 0) is 23.8 Å². The van der Waals surface area contributed by atoms with Crippen molar-refractivity contribution in [1.82, 2.24) is 5.32 Å². The molecule has 21 heavy (non-hydrogen) atoms. The molecular formula is C12H12ClF6NO. The number of halogens is 7. The van der Waals surface area contributed by atoms with Gasteiger partial charge >= 0.3 is 12.4 Å². The highest BCUT2D eigenvalue weighted by molar-refractivity contribution is 5.85. The summed E-state index contributed by atoms with van der Waals surface area (Å²) in [6, 6.07) is 0.892. The first-order valence-corrected chi connectivity index (χ1v) is 5.78. The molecule has 1 heterocycles. The first kappa shape index (κ1) is 18.1. The van der Waals surface area contributed by atoms with Crippen LogP contribution in [0.25, 0.3) is 0 Å². The molecule has 9 heteroatoms. The van der Waals surface area contributed by atoms with Gasteiger partial charge in [0, 0.05) is 6.54 Å². The highest BCUT2D eigenvalue weighted by Gasteiger charge is 2.37. The molecule has 0 amide bonds. The third kappa shape index (κ3) is 4.49. The van der Waals surface area contributed by atoms with Crippen LogP contribution in [0.4, 0.5) is 26.3 Å². The number of ether oxygens (including phenoxy) is 1. The van der Waals surface area contributed by atoms with E-state index in [0.29, 0.717) is 13.2 Å². The number of benzene rings is 1. The highest BCUT2D eigenvalue weighted by Crippen LogP contribution is 2.37. The molecule has 0 aliphatic carbocycles. The second-order valence-corrected chi connectivity index (χ2v) is 4.42. The summed E-state index contributed by atoms with van der Waals surface area (Å²) >= 11 is 0. The van der Waals surface area contributed by atoms with Gasteiger partial charge in [-0.15, -0.1) is 12.4 Å². The Morgan fingerprint density at radius 3 is 1.86 bits per heavy atom. The fourth-order valence-corrected chi connectivity index (χ4v) is 1.96. The molecule has 0 spiro atoms. The van der Waals surface area contributed by atoms with E-state index in [1.54, 1.807) is 0 Å². The molecule has 1 N–H and O–H groups in total. The normalized spacial score (nSPS) is 20.0. The lowest BCUT2D eigenvalue weighted by atomic mass is 9.99. The SMILES string of the molecule is Cl.FC(F)(F)c1cc([C@H]2COCCN2)cc(C(F)(F)F)c1. The van der Waals surface area contributed by atoms with E-state index in [2.05, 4.69) is 5.32 Å². The molecule has 1 aliphatic heterocycles. The van der Waals surface area contributed by atoms with Gasteiger partial charge in [-0.2, -0.15) is 26.3 Å². The average molecular weight is 336 g/mol. The van der Waals surface area contributed by atoms with Crippen LogP contribution < -0.4 is 5.32 Å². The minimum atomic E-state index is -4.83. The van der Waals surface area contributed by atoms with Crippen molar-refractivity contribution < 1.29 is 31.1 Å². The maximum absolute atomic E-state index is 12.7. The van der Waals surface area contributed by atoms with Gasteiger partial charge in [-0.1, -0.05) is 0 Å². The topological polar surface area (TPSA) is 21.3 Å². The summed E-state index contributed by atoms with van der Waals surface area (Å²) in [7, 11) is 0. The van der Waals surface area contributed by atoms with Crippen molar-refractivity contribution >= 4 is 12.4 Å². The lowest BCUT2D eigenvalue weighted by Crippen LogP contribution is -2.34. The van der Waals surface area contributed by atoms with Crippen LogP contribution in [0.1, 0.15) is 22.7 Å². The zero-order valence-electron chi connectivity index (χ0n) is 10.5. The van der Waals surface area contributed by atoms with Crippen molar-refractivity contribution in [1.29, 1.82) is 0 Å². The number of hydrogen-bond acceptors (Lipinski definition) is 2. The smallest absolute Gasteiger partial charge is 0.378 e. The maximum atomic E-state index is 12.7. The molecule has 2 nitrogen and oxygen atoms in total. The summed E-state index contributed by atoms with van der Waals surface area (Å²) in [6.07, 6.45) is -9.66. The molecule has 1 atom stereocenters. The van der Waals surface area contributed by atoms with Crippen LogP contribution in [0.15, 0.2) is 18.2 Å². The number of alkyl halides is 6. The van der Waals surface area contributed by atoms with Gasteiger partial charge in [-0.25, -0.2) is 0 Å². The van der Waals surface area contributed by atoms with Crippen LogP contribution in [-0.4, -0.2) is 19.8 Å². The Balaban J connectivity index is 0.00000220. The van der Waals surface area contributed by atoms with E-state index in [1.807, 2.05) is 0 Å². The molecule has 0 saturated carbocycles. The van der Waals surface area contributed by atoms with Crippen molar-refractivity contribution in [3.05, 3.63) is 34.9 Å². The van der Waals surface area contributed by atoms with Crippen molar-refractivity contribution in [2.75, 3.05) is 19.8 Å². The molecule has 1 aliphatic rings. The van der Waals surface area contributed by atoms with E-state index in [0.717, 1.165) is 12.1 Å². The molecule has 120 valence electrons. The van der Waals surface area contributed by atoms with Gasteiger partial charge < -0.3 is 10.1 Å². The van der Waals surface area contributed by atoms with Gasteiger partial charge in [0.05, 0.1) is 30.4 Å². The van der Waals surface area contributed by atoms with Crippen molar-refractivity contribution in [3.8, 4) is 0 Å². The number of nitrogens with one attached hydrogen (secondary N) is 1. The fraction of sp³-hybridized carbons (Fsp3) is 0.500. The third-order valence-corrected chi connectivity index (χ3v) is 2.93. The highest BCUT2D eigenvalue weighted by atomic mass is 35.5. The summed E-state index contributed by atoms with van der Waals surface area (Å²) in [6.45, 7) is 0.794. The second-order valence-electron chi connectivity index (χ2n) is 4.42. The van der Waals surface area contributed by atoms with Crippen LogP contribution in [0.2, 0.25) is 0 Å². The summed E-state index contributed by atoms with van der Waals surface area (Å²) in [5, 5.41) is 2.83. The lowest BCUT2D eigenvalue weighted by Gasteiger charge is -2.25. The summed E-state index contributed by atoms with van der Waals surface area (Å²) < 4.78 is 81.2. The zero-order chi connectivity index (χ0) is 15.0. The van der Waals surface area contributed by atoms with Gasteiger partial charge in [0.25, 0.3) is 0 Å². The van der Waals surface area contributed by atoms with Crippen LogP contribution in [0.3, 0.4) is 0 Å². The molecule has 0 bridgehead atoms. The Morgan fingerprint density at radius 2 is 1.48 bits per heavy atom. The molecule has 0 unspecified atom stereocenters. The zero-order valence-corrected chi connectivity index (χ0v) is 11.3. The van der Waals surface area contributed by atoms with Crippen molar-refractivity contribution in [2.45, 2.75) is 18.4 Å². The third-order valence-electron chi connectivity index (χ3n) is 2.93. The Bertz CT molecular complexity index is 449. The van der Waals surface area contributed by atoms with Crippen LogP contribution in [0.5, 0.6) is 0 Å². The summed E-state index contributed by atoms with van der Waals surface area (Å²) in [4.78, 5) is 0. The molecule has 1 fully saturated rings. The molecule has 1 saturated heterocycles. The maximum Gasteiger partial charge on any atom is 0.416 e. The van der Waals surface area contributed by atoms with E-state index in [-0.39, 0.29) is 30.6 Å². The molecular weight excluding hydrogens is 324 g/mol. The lowest BCUT2D eigenvalue weighted by molar-refractivity contribution is -0.143. The Morgan fingerprint density at radius 1 is 0.952 bits per heavy atom. The van der Waals surface area contributed by atoms with Gasteiger partial charge in [0.15, 0.2) is 0 Å². The van der Waals surface area contributed by atoms with E-state index in [9.17, 15) is 26.3 Å². The van der Waals surface area contributed by atoms with E-state index >= 15 is 0 Å². The standard InChI is InChI=1S/C12H11F6NO.ClH/c13-11(14,15)8-3-7(10-6-20-2-1-19-10)4-9(5-8)12(16,17)18;/h3-5,10,19H,1-2,6H2;1H/t10-;/m1./s1. The minimum absolute atomic E-state index is 0. The first-order chi connectivity index (χ1) is 9.18. The summed E-state index contributed by atoms with van der Waals surface area (Å²) in [5.41, 5.74) is -2.70. The average Bonchev–Trinajstić information content (AvgIpc) is 2.37. The van der Waals surface area contributed by atoms with Crippen molar-refractivity contribution in [2.24, 2.45) is 0 Å².